The SMILES string of the molecule is COC(=O)c1ccc(CN(Cc2ccccc2)Cc2ccccn2)nc1. The maximum absolute atomic E-state index is 11.5. The van der Waals surface area contributed by atoms with Crippen molar-refractivity contribution in [2.24, 2.45) is 0 Å². The number of aromatic nitrogens is 2. The van der Waals surface area contributed by atoms with Crippen LogP contribution in [0.25, 0.3) is 0 Å². The Morgan fingerprint density at radius 3 is 2.23 bits per heavy atom. The summed E-state index contributed by atoms with van der Waals surface area (Å²) in [6, 6.07) is 19.8. The molecule has 0 amide bonds. The van der Waals surface area contributed by atoms with Gasteiger partial charge >= 0.3 is 5.97 Å². The van der Waals surface area contributed by atoms with Crippen molar-refractivity contribution in [1.29, 1.82) is 0 Å². The molecule has 2 aromatic heterocycles. The summed E-state index contributed by atoms with van der Waals surface area (Å²) in [5, 5.41) is 0. The fourth-order valence-corrected chi connectivity index (χ4v) is 2.72. The maximum atomic E-state index is 11.5. The number of methoxy groups -OCH3 is 1. The van der Waals surface area contributed by atoms with E-state index in [1.807, 2.05) is 42.5 Å². The fraction of sp³-hybridized carbons (Fsp3) is 0.190. The third-order valence-electron chi connectivity index (χ3n) is 3.99. The van der Waals surface area contributed by atoms with Gasteiger partial charge in [0.1, 0.15) is 0 Å². The summed E-state index contributed by atoms with van der Waals surface area (Å²) in [4.78, 5) is 22.7. The van der Waals surface area contributed by atoms with Crippen LogP contribution in [0.1, 0.15) is 27.3 Å². The van der Waals surface area contributed by atoms with E-state index in [0.717, 1.165) is 24.5 Å². The highest BCUT2D eigenvalue weighted by molar-refractivity contribution is 5.88. The number of hydrogen-bond acceptors (Lipinski definition) is 5. The summed E-state index contributed by atoms with van der Waals surface area (Å²) in [7, 11) is 1.37. The average Bonchev–Trinajstić information content (AvgIpc) is 2.69. The van der Waals surface area contributed by atoms with Crippen molar-refractivity contribution < 1.29 is 9.53 Å². The minimum Gasteiger partial charge on any atom is -0.465 e. The van der Waals surface area contributed by atoms with Crippen LogP contribution in [-0.2, 0) is 24.4 Å². The standard InChI is InChI=1S/C21H21N3O2/c1-26-21(25)18-10-11-20(23-13-18)16-24(14-17-7-3-2-4-8-17)15-19-9-5-6-12-22-19/h2-13H,14-16H2,1H3. The first-order chi connectivity index (χ1) is 12.7. The first-order valence-corrected chi connectivity index (χ1v) is 8.44. The van der Waals surface area contributed by atoms with E-state index in [1.54, 1.807) is 18.5 Å². The minimum absolute atomic E-state index is 0.376. The van der Waals surface area contributed by atoms with E-state index in [1.165, 1.54) is 12.7 Å². The molecular formula is C21H21N3O2. The zero-order valence-electron chi connectivity index (χ0n) is 14.7. The lowest BCUT2D eigenvalue weighted by Crippen LogP contribution is -2.23. The summed E-state index contributed by atoms with van der Waals surface area (Å²) in [5.41, 5.74) is 3.59. The van der Waals surface area contributed by atoms with E-state index in [0.29, 0.717) is 12.1 Å². The van der Waals surface area contributed by atoms with Gasteiger partial charge in [-0.25, -0.2) is 4.79 Å². The summed E-state index contributed by atoms with van der Waals surface area (Å²) in [6.07, 6.45) is 3.36. The number of ether oxygens (including phenoxy) is 1. The second-order valence-corrected chi connectivity index (χ2v) is 5.98. The van der Waals surface area contributed by atoms with Crippen LogP contribution >= 0.6 is 0 Å². The van der Waals surface area contributed by atoms with E-state index in [-0.39, 0.29) is 5.97 Å². The highest BCUT2D eigenvalue weighted by Gasteiger charge is 2.11. The molecule has 3 rings (SSSR count). The zero-order chi connectivity index (χ0) is 18.2. The highest BCUT2D eigenvalue weighted by atomic mass is 16.5. The summed E-state index contributed by atoms with van der Waals surface area (Å²) >= 11 is 0. The molecule has 2 heterocycles. The Balaban J connectivity index is 1.75. The van der Waals surface area contributed by atoms with Crippen molar-refractivity contribution in [3.8, 4) is 0 Å². The van der Waals surface area contributed by atoms with Crippen LogP contribution in [0.5, 0.6) is 0 Å². The second kappa shape index (κ2) is 8.87. The van der Waals surface area contributed by atoms with E-state index in [4.69, 9.17) is 4.74 Å². The molecule has 0 aliphatic rings. The number of nitrogens with zero attached hydrogens (tertiary/aromatic N) is 3. The van der Waals surface area contributed by atoms with Gasteiger partial charge in [-0.15, -0.1) is 0 Å². The molecule has 0 radical (unpaired) electrons. The molecular weight excluding hydrogens is 326 g/mol. The lowest BCUT2D eigenvalue weighted by Gasteiger charge is -2.22. The van der Waals surface area contributed by atoms with Crippen molar-refractivity contribution in [2.75, 3.05) is 7.11 Å². The molecule has 0 saturated heterocycles. The first kappa shape index (κ1) is 17.8. The van der Waals surface area contributed by atoms with Gasteiger partial charge in [-0.3, -0.25) is 14.9 Å². The largest absolute Gasteiger partial charge is 0.465 e. The lowest BCUT2D eigenvalue weighted by molar-refractivity contribution is 0.0600. The molecule has 0 spiro atoms. The molecule has 5 heteroatoms. The Hall–Kier alpha value is -3.05. The van der Waals surface area contributed by atoms with Gasteiger partial charge in [0.05, 0.1) is 24.1 Å². The molecule has 0 N–H and O–H groups in total. The van der Waals surface area contributed by atoms with Crippen LogP contribution in [0.15, 0.2) is 73.1 Å². The summed E-state index contributed by atoms with van der Waals surface area (Å²) in [5.74, 6) is -0.376. The van der Waals surface area contributed by atoms with Crippen LogP contribution in [0.3, 0.4) is 0 Å². The van der Waals surface area contributed by atoms with Crippen molar-refractivity contribution in [1.82, 2.24) is 14.9 Å². The number of carbonyl (C=O) groups is 1. The molecule has 5 nitrogen and oxygen atoms in total. The van der Waals surface area contributed by atoms with Crippen LogP contribution in [0.4, 0.5) is 0 Å². The summed E-state index contributed by atoms with van der Waals surface area (Å²) in [6.45, 7) is 2.17. The normalized spacial score (nSPS) is 10.7. The summed E-state index contributed by atoms with van der Waals surface area (Å²) < 4.78 is 4.72. The van der Waals surface area contributed by atoms with Gasteiger partial charge < -0.3 is 4.74 Å². The van der Waals surface area contributed by atoms with Crippen molar-refractivity contribution in [2.45, 2.75) is 19.6 Å². The van der Waals surface area contributed by atoms with Gasteiger partial charge in [-0.05, 0) is 29.8 Å². The molecule has 0 atom stereocenters. The molecule has 0 saturated carbocycles. The monoisotopic (exact) mass is 347 g/mol. The van der Waals surface area contributed by atoms with Gasteiger partial charge in [-0.1, -0.05) is 36.4 Å². The molecule has 0 bridgehead atoms. The second-order valence-electron chi connectivity index (χ2n) is 5.98. The molecule has 0 unspecified atom stereocenters. The number of esters is 1. The molecule has 26 heavy (non-hydrogen) atoms. The van der Waals surface area contributed by atoms with E-state index >= 15 is 0 Å². The molecule has 0 aliphatic heterocycles. The zero-order valence-corrected chi connectivity index (χ0v) is 14.7. The number of hydrogen-bond donors (Lipinski definition) is 0. The van der Waals surface area contributed by atoms with Crippen LogP contribution in [-0.4, -0.2) is 27.9 Å². The number of carbonyl (C=O) groups excluding carboxylic acids is 1. The third kappa shape index (κ3) is 4.97. The molecule has 0 fully saturated rings. The molecule has 0 aliphatic carbocycles. The van der Waals surface area contributed by atoms with Gasteiger partial charge in [0.15, 0.2) is 0 Å². The lowest BCUT2D eigenvalue weighted by atomic mass is 10.2. The van der Waals surface area contributed by atoms with E-state index in [9.17, 15) is 4.79 Å². The highest BCUT2D eigenvalue weighted by Crippen LogP contribution is 2.13. The quantitative estimate of drug-likeness (QED) is 0.613. The number of rotatable bonds is 7. The Labute approximate surface area is 153 Å². The van der Waals surface area contributed by atoms with E-state index in [2.05, 4.69) is 27.0 Å². The molecule has 3 aromatic rings. The van der Waals surface area contributed by atoms with Gasteiger partial charge in [0.25, 0.3) is 0 Å². The molecule has 132 valence electrons. The van der Waals surface area contributed by atoms with Gasteiger partial charge in [0.2, 0.25) is 0 Å². The fourth-order valence-electron chi connectivity index (χ4n) is 2.72. The van der Waals surface area contributed by atoms with Crippen molar-refractivity contribution in [3.63, 3.8) is 0 Å². The third-order valence-corrected chi connectivity index (χ3v) is 3.99. The van der Waals surface area contributed by atoms with Gasteiger partial charge in [0, 0.05) is 32.0 Å². The minimum atomic E-state index is -0.376. The van der Waals surface area contributed by atoms with Gasteiger partial charge in [-0.2, -0.15) is 0 Å². The molecule has 1 aromatic carbocycles. The topological polar surface area (TPSA) is 55.3 Å². The predicted molar refractivity (Wildman–Crippen MR) is 99.2 cm³/mol. The average molecular weight is 347 g/mol. The Kier molecular flexibility index (Phi) is 6.06. The van der Waals surface area contributed by atoms with Crippen molar-refractivity contribution in [3.05, 3.63) is 95.6 Å². The van der Waals surface area contributed by atoms with Crippen molar-refractivity contribution >= 4 is 5.97 Å². The predicted octanol–water partition coefficient (Wildman–Crippen LogP) is 3.47. The number of pyridine rings is 2. The maximum Gasteiger partial charge on any atom is 0.339 e. The van der Waals surface area contributed by atoms with Crippen LogP contribution in [0.2, 0.25) is 0 Å². The van der Waals surface area contributed by atoms with Crippen LogP contribution < -0.4 is 0 Å². The Morgan fingerprint density at radius 2 is 1.62 bits per heavy atom. The Morgan fingerprint density at radius 1 is 0.885 bits per heavy atom. The first-order valence-electron chi connectivity index (χ1n) is 8.44. The smallest absolute Gasteiger partial charge is 0.339 e. The number of benzene rings is 1. The van der Waals surface area contributed by atoms with Crippen LogP contribution in [0, 0.1) is 0 Å². The Bertz CT molecular complexity index is 779. The van der Waals surface area contributed by atoms with E-state index < -0.39 is 0 Å².